The van der Waals surface area contributed by atoms with Crippen LogP contribution in [0, 0.1) is 0 Å². The summed E-state index contributed by atoms with van der Waals surface area (Å²) >= 11 is 6.24. The number of hydrogen-bond donors (Lipinski definition) is 1. The Bertz CT molecular complexity index is 380. The minimum absolute atomic E-state index is 0.0239. The third-order valence-corrected chi connectivity index (χ3v) is 3.74. The molecule has 19 heavy (non-hydrogen) atoms. The smallest absolute Gasteiger partial charge is 0.0964 e. The maximum atomic E-state index is 6.24. The van der Waals surface area contributed by atoms with Gasteiger partial charge in [-0.15, -0.1) is 0 Å². The zero-order valence-corrected chi connectivity index (χ0v) is 12.2. The molecule has 1 aliphatic rings. The highest BCUT2D eigenvalue weighted by Gasteiger charge is 2.19. The summed E-state index contributed by atoms with van der Waals surface area (Å²) in [7, 11) is 1.92. The van der Waals surface area contributed by atoms with Gasteiger partial charge in [0, 0.05) is 23.7 Å². The predicted molar refractivity (Wildman–Crippen MR) is 77.7 cm³/mol. The number of halogens is 1. The van der Waals surface area contributed by atoms with Crippen molar-refractivity contribution in [1.29, 1.82) is 0 Å². The Kier molecular flexibility index (Phi) is 6.11. The molecule has 1 aliphatic heterocycles. The molecule has 1 aromatic carbocycles. The Balaban J connectivity index is 1.94. The second-order valence-electron chi connectivity index (χ2n) is 4.89. The highest BCUT2D eigenvalue weighted by molar-refractivity contribution is 6.31. The molecular weight excluding hydrogens is 262 g/mol. The van der Waals surface area contributed by atoms with Crippen LogP contribution in [0.4, 0.5) is 0 Å². The normalized spacial score (nSPS) is 21.3. The van der Waals surface area contributed by atoms with Crippen molar-refractivity contribution in [3.8, 4) is 0 Å². The van der Waals surface area contributed by atoms with E-state index >= 15 is 0 Å². The van der Waals surface area contributed by atoms with Gasteiger partial charge in [0.2, 0.25) is 0 Å². The first-order chi connectivity index (χ1) is 9.31. The monoisotopic (exact) mass is 283 g/mol. The lowest BCUT2D eigenvalue weighted by atomic mass is 10.1. The second-order valence-corrected chi connectivity index (χ2v) is 5.30. The molecule has 1 N–H and O–H groups in total. The molecule has 3 nitrogen and oxygen atoms in total. The largest absolute Gasteiger partial charge is 0.376 e. The number of likely N-dealkylation sites (N-methyl/N-ethyl adjacent to an activating group) is 1. The van der Waals surface area contributed by atoms with Crippen LogP contribution in [0.3, 0.4) is 0 Å². The third kappa shape index (κ3) is 4.46. The summed E-state index contributed by atoms with van der Waals surface area (Å²) in [4.78, 5) is 0. The van der Waals surface area contributed by atoms with Crippen molar-refractivity contribution in [2.24, 2.45) is 0 Å². The van der Waals surface area contributed by atoms with Crippen LogP contribution >= 0.6 is 11.6 Å². The summed E-state index contributed by atoms with van der Waals surface area (Å²) < 4.78 is 11.7. The molecule has 2 unspecified atom stereocenters. The van der Waals surface area contributed by atoms with E-state index in [0.29, 0.717) is 6.61 Å². The average Bonchev–Trinajstić information content (AvgIpc) is 2.45. The van der Waals surface area contributed by atoms with Crippen molar-refractivity contribution < 1.29 is 9.47 Å². The fraction of sp³-hybridized carbons (Fsp3) is 0.600. The first-order valence-corrected chi connectivity index (χ1v) is 7.31. The summed E-state index contributed by atoms with van der Waals surface area (Å²) in [5, 5.41) is 3.91. The van der Waals surface area contributed by atoms with E-state index in [4.69, 9.17) is 21.1 Å². The van der Waals surface area contributed by atoms with Gasteiger partial charge in [-0.1, -0.05) is 29.8 Å². The number of rotatable bonds is 6. The lowest BCUT2D eigenvalue weighted by molar-refractivity contribution is -0.0630. The van der Waals surface area contributed by atoms with Crippen LogP contribution in [-0.2, 0) is 9.47 Å². The summed E-state index contributed by atoms with van der Waals surface area (Å²) in [5.74, 6) is 0. The molecule has 0 amide bonds. The van der Waals surface area contributed by atoms with Crippen LogP contribution in [0.15, 0.2) is 24.3 Å². The first kappa shape index (κ1) is 14.8. The molecule has 1 saturated heterocycles. The van der Waals surface area contributed by atoms with Crippen molar-refractivity contribution in [1.82, 2.24) is 5.32 Å². The molecule has 0 aromatic heterocycles. The van der Waals surface area contributed by atoms with E-state index in [0.717, 1.165) is 30.2 Å². The molecule has 0 radical (unpaired) electrons. The summed E-state index contributed by atoms with van der Waals surface area (Å²) in [6.45, 7) is 2.24. The molecule has 1 aromatic rings. The van der Waals surface area contributed by atoms with E-state index in [1.54, 1.807) is 0 Å². The highest BCUT2D eigenvalue weighted by atomic mass is 35.5. The van der Waals surface area contributed by atoms with Gasteiger partial charge in [0.15, 0.2) is 0 Å². The maximum absolute atomic E-state index is 6.24. The Hall–Kier alpha value is -0.610. The average molecular weight is 284 g/mol. The molecule has 106 valence electrons. The van der Waals surface area contributed by atoms with E-state index < -0.39 is 0 Å². The summed E-state index contributed by atoms with van der Waals surface area (Å²) in [6.07, 6.45) is 3.70. The standard InChI is InChI=1S/C15H22ClNO2/c1-17-10-15(13-7-2-3-8-14(13)16)19-11-12-6-4-5-9-18-12/h2-3,7-8,12,15,17H,4-6,9-11H2,1H3. The number of hydrogen-bond acceptors (Lipinski definition) is 3. The van der Waals surface area contributed by atoms with E-state index in [1.165, 1.54) is 12.8 Å². The number of benzene rings is 1. The SMILES string of the molecule is CNCC(OCC1CCCCO1)c1ccccc1Cl. The van der Waals surface area contributed by atoms with Gasteiger partial charge < -0.3 is 14.8 Å². The minimum Gasteiger partial charge on any atom is -0.376 e. The fourth-order valence-electron chi connectivity index (χ4n) is 2.34. The zero-order valence-electron chi connectivity index (χ0n) is 11.4. The number of ether oxygens (including phenoxy) is 2. The van der Waals surface area contributed by atoms with Gasteiger partial charge in [-0.2, -0.15) is 0 Å². The molecule has 0 bridgehead atoms. The van der Waals surface area contributed by atoms with Crippen LogP contribution in [-0.4, -0.2) is 32.9 Å². The van der Waals surface area contributed by atoms with Gasteiger partial charge in [0.1, 0.15) is 0 Å². The molecule has 4 heteroatoms. The van der Waals surface area contributed by atoms with Crippen LogP contribution in [0.25, 0.3) is 0 Å². The van der Waals surface area contributed by atoms with Gasteiger partial charge >= 0.3 is 0 Å². The molecule has 0 saturated carbocycles. The van der Waals surface area contributed by atoms with Crippen LogP contribution < -0.4 is 5.32 Å². The quantitative estimate of drug-likeness (QED) is 0.870. The summed E-state index contributed by atoms with van der Waals surface area (Å²) in [5.41, 5.74) is 1.04. The van der Waals surface area contributed by atoms with Crippen molar-refractivity contribution in [2.45, 2.75) is 31.5 Å². The van der Waals surface area contributed by atoms with E-state index in [2.05, 4.69) is 5.32 Å². The van der Waals surface area contributed by atoms with Crippen LogP contribution in [0.5, 0.6) is 0 Å². The fourth-order valence-corrected chi connectivity index (χ4v) is 2.60. The Morgan fingerprint density at radius 3 is 2.95 bits per heavy atom. The molecule has 2 rings (SSSR count). The number of nitrogens with one attached hydrogen (secondary N) is 1. The van der Waals surface area contributed by atoms with Crippen molar-refractivity contribution >= 4 is 11.6 Å². The molecular formula is C15H22ClNO2. The van der Waals surface area contributed by atoms with Crippen molar-refractivity contribution in [3.05, 3.63) is 34.9 Å². The van der Waals surface area contributed by atoms with Gasteiger partial charge in [-0.05, 0) is 32.4 Å². The van der Waals surface area contributed by atoms with Crippen LogP contribution in [0.1, 0.15) is 30.9 Å². The first-order valence-electron chi connectivity index (χ1n) is 6.93. The highest BCUT2D eigenvalue weighted by Crippen LogP contribution is 2.26. The van der Waals surface area contributed by atoms with E-state index in [-0.39, 0.29) is 12.2 Å². The third-order valence-electron chi connectivity index (χ3n) is 3.40. The molecule has 0 aliphatic carbocycles. The lowest BCUT2D eigenvalue weighted by Gasteiger charge is -2.26. The van der Waals surface area contributed by atoms with Crippen molar-refractivity contribution in [2.75, 3.05) is 26.8 Å². The topological polar surface area (TPSA) is 30.5 Å². The Labute approximate surface area is 120 Å². The second kappa shape index (κ2) is 7.85. The van der Waals surface area contributed by atoms with Gasteiger partial charge in [0.05, 0.1) is 18.8 Å². The van der Waals surface area contributed by atoms with Gasteiger partial charge in [0.25, 0.3) is 0 Å². The molecule has 2 atom stereocenters. The summed E-state index contributed by atoms with van der Waals surface area (Å²) in [6, 6.07) is 7.85. The maximum Gasteiger partial charge on any atom is 0.0964 e. The van der Waals surface area contributed by atoms with Crippen LogP contribution in [0.2, 0.25) is 5.02 Å². The molecule has 1 heterocycles. The van der Waals surface area contributed by atoms with Crippen molar-refractivity contribution in [3.63, 3.8) is 0 Å². The molecule has 0 spiro atoms. The van der Waals surface area contributed by atoms with E-state index in [1.807, 2.05) is 31.3 Å². The van der Waals surface area contributed by atoms with Gasteiger partial charge in [-0.25, -0.2) is 0 Å². The lowest BCUT2D eigenvalue weighted by Crippen LogP contribution is -2.28. The van der Waals surface area contributed by atoms with Gasteiger partial charge in [-0.3, -0.25) is 0 Å². The minimum atomic E-state index is -0.0239. The van der Waals surface area contributed by atoms with E-state index in [9.17, 15) is 0 Å². The zero-order chi connectivity index (χ0) is 13.5. The predicted octanol–water partition coefficient (Wildman–Crippen LogP) is 3.19. The molecule has 1 fully saturated rings. The Morgan fingerprint density at radius 1 is 1.42 bits per heavy atom. The Morgan fingerprint density at radius 2 is 2.26 bits per heavy atom.